The molecule has 0 saturated carbocycles. The Balaban J connectivity index is 2.18. The Morgan fingerprint density at radius 3 is 2.50 bits per heavy atom. The van der Waals surface area contributed by atoms with Crippen LogP contribution in [-0.4, -0.2) is 35.9 Å². The number of aryl methyl sites for hydroxylation is 2. The maximum Gasteiger partial charge on any atom is 0.261 e. The van der Waals surface area contributed by atoms with Crippen LogP contribution in [0, 0.1) is 13.8 Å². The summed E-state index contributed by atoms with van der Waals surface area (Å²) in [4.78, 5) is 27.7. The van der Waals surface area contributed by atoms with Gasteiger partial charge in [-0.1, -0.05) is 68.3 Å². The monoisotopic (exact) mass is 410 g/mol. The Kier molecular flexibility index (Phi) is 9.39. The standard InChI is InChI=1S/C25H34N2O3/c1-5-7-15-26-25(29)22(6-2)27(17-21-13-10-11-19(3)16-21)24(28)18-30-23-14-9-8-12-20(23)4/h8-14,16,22H,5-7,15,17-18H2,1-4H3,(H,26,29). The fourth-order valence-corrected chi connectivity index (χ4v) is 3.37. The van der Waals surface area contributed by atoms with Crippen LogP contribution in [0.3, 0.4) is 0 Å². The van der Waals surface area contributed by atoms with E-state index in [4.69, 9.17) is 4.74 Å². The van der Waals surface area contributed by atoms with Crippen LogP contribution in [0.2, 0.25) is 0 Å². The van der Waals surface area contributed by atoms with Gasteiger partial charge in [-0.2, -0.15) is 0 Å². The van der Waals surface area contributed by atoms with Crippen LogP contribution < -0.4 is 10.1 Å². The maximum atomic E-state index is 13.2. The van der Waals surface area contributed by atoms with E-state index in [-0.39, 0.29) is 18.4 Å². The van der Waals surface area contributed by atoms with Crippen molar-refractivity contribution >= 4 is 11.8 Å². The van der Waals surface area contributed by atoms with E-state index in [2.05, 4.69) is 12.2 Å². The number of hydrogen-bond acceptors (Lipinski definition) is 3. The molecular weight excluding hydrogens is 376 g/mol. The van der Waals surface area contributed by atoms with Crippen molar-refractivity contribution < 1.29 is 14.3 Å². The fraction of sp³-hybridized carbons (Fsp3) is 0.440. The van der Waals surface area contributed by atoms with Gasteiger partial charge in [0.25, 0.3) is 5.91 Å². The number of carbonyl (C=O) groups excluding carboxylic acids is 2. The zero-order valence-corrected chi connectivity index (χ0v) is 18.6. The van der Waals surface area contributed by atoms with Gasteiger partial charge in [0.1, 0.15) is 11.8 Å². The molecule has 5 heteroatoms. The summed E-state index contributed by atoms with van der Waals surface area (Å²) in [6, 6.07) is 15.1. The molecule has 0 heterocycles. The van der Waals surface area contributed by atoms with Crippen molar-refractivity contribution in [3.63, 3.8) is 0 Å². The lowest BCUT2D eigenvalue weighted by Gasteiger charge is -2.30. The normalized spacial score (nSPS) is 11.6. The number of carbonyl (C=O) groups is 2. The van der Waals surface area contributed by atoms with Gasteiger partial charge >= 0.3 is 0 Å². The predicted molar refractivity (Wildman–Crippen MR) is 120 cm³/mol. The SMILES string of the molecule is CCCCNC(=O)C(CC)N(Cc1cccc(C)c1)C(=O)COc1ccccc1C. The molecule has 0 bridgehead atoms. The first-order chi connectivity index (χ1) is 14.5. The van der Waals surface area contributed by atoms with Gasteiger partial charge in [-0.05, 0) is 43.9 Å². The number of nitrogens with one attached hydrogen (secondary N) is 1. The zero-order chi connectivity index (χ0) is 21.9. The van der Waals surface area contributed by atoms with Crippen LogP contribution in [0.15, 0.2) is 48.5 Å². The number of nitrogens with zero attached hydrogens (tertiary/aromatic N) is 1. The van der Waals surface area contributed by atoms with Crippen molar-refractivity contribution in [1.82, 2.24) is 10.2 Å². The lowest BCUT2D eigenvalue weighted by molar-refractivity contribution is -0.143. The summed E-state index contributed by atoms with van der Waals surface area (Å²) in [5.41, 5.74) is 3.09. The molecule has 0 aliphatic heterocycles. The van der Waals surface area contributed by atoms with E-state index < -0.39 is 6.04 Å². The Labute approximate surface area is 180 Å². The Morgan fingerprint density at radius 2 is 1.83 bits per heavy atom. The number of hydrogen-bond donors (Lipinski definition) is 1. The molecule has 2 aromatic rings. The van der Waals surface area contributed by atoms with Crippen LogP contribution >= 0.6 is 0 Å². The van der Waals surface area contributed by atoms with E-state index in [9.17, 15) is 9.59 Å². The second-order valence-corrected chi connectivity index (χ2v) is 7.63. The van der Waals surface area contributed by atoms with Crippen LogP contribution in [0.5, 0.6) is 5.75 Å². The van der Waals surface area contributed by atoms with Crippen LogP contribution in [-0.2, 0) is 16.1 Å². The third-order valence-corrected chi connectivity index (χ3v) is 5.10. The van der Waals surface area contributed by atoms with Crippen molar-refractivity contribution in [2.24, 2.45) is 0 Å². The maximum absolute atomic E-state index is 13.2. The summed E-state index contributed by atoms with van der Waals surface area (Å²) in [5, 5.41) is 2.98. The minimum atomic E-state index is -0.532. The molecule has 0 spiro atoms. The van der Waals surface area contributed by atoms with Crippen LogP contribution in [0.25, 0.3) is 0 Å². The number of ether oxygens (including phenoxy) is 1. The van der Waals surface area contributed by atoms with E-state index in [1.165, 1.54) is 0 Å². The highest BCUT2D eigenvalue weighted by Crippen LogP contribution is 2.18. The van der Waals surface area contributed by atoms with Gasteiger partial charge in [-0.3, -0.25) is 9.59 Å². The lowest BCUT2D eigenvalue weighted by atomic mass is 10.1. The van der Waals surface area contributed by atoms with Crippen molar-refractivity contribution in [3.05, 3.63) is 65.2 Å². The zero-order valence-electron chi connectivity index (χ0n) is 18.6. The second kappa shape index (κ2) is 12.0. The van der Waals surface area contributed by atoms with E-state index in [0.29, 0.717) is 25.3 Å². The summed E-state index contributed by atoms with van der Waals surface area (Å²) in [6.45, 7) is 8.87. The summed E-state index contributed by atoms with van der Waals surface area (Å²) in [6.07, 6.45) is 2.47. The molecule has 5 nitrogen and oxygen atoms in total. The molecule has 30 heavy (non-hydrogen) atoms. The molecule has 2 aromatic carbocycles. The largest absolute Gasteiger partial charge is 0.484 e. The van der Waals surface area contributed by atoms with Gasteiger partial charge in [0.15, 0.2) is 6.61 Å². The Morgan fingerprint density at radius 1 is 1.07 bits per heavy atom. The molecule has 162 valence electrons. The van der Waals surface area contributed by atoms with Crippen molar-refractivity contribution in [2.75, 3.05) is 13.2 Å². The first kappa shape index (κ1) is 23.5. The fourth-order valence-electron chi connectivity index (χ4n) is 3.37. The molecule has 2 amide bonds. The number of para-hydroxylation sites is 1. The van der Waals surface area contributed by atoms with Crippen LogP contribution in [0.4, 0.5) is 0 Å². The van der Waals surface area contributed by atoms with Gasteiger partial charge < -0.3 is 15.0 Å². The number of benzene rings is 2. The van der Waals surface area contributed by atoms with Crippen LogP contribution in [0.1, 0.15) is 49.8 Å². The van der Waals surface area contributed by atoms with Crippen molar-refractivity contribution in [1.29, 1.82) is 0 Å². The van der Waals surface area contributed by atoms with Gasteiger partial charge in [0.2, 0.25) is 5.91 Å². The molecule has 0 radical (unpaired) electrons. The van der Waals surface area contributed by atoms with Gasteiger partial charge in [0.05, 0.1) is 0 Å². The number of amides is 2. The van der Waals surface area contributed by atoms with Gasteiger partial charge in [0, 0.05) is 13.1 Å². The second-order valence-electron chi connectivity index (χ2n) is 7.63. The average Bonchev–Trinajstić information content (AvgIpc) is 2.73. The third-order valence-electron chi connectivity index (χ3n) is 5.10. The molecule has 1 atom stereocenters. The van der Waals surface area contributed by atoms with Gasteiger partial charge in [-0.25, -0.2) is 0 Å². The summed E-state index contributed by atoms with van der Waals surface area (Å²) in [5.74, 6) is 0.377. The lowest BCUT2D eigenvalue weighted by Crippen LogP contribution is -2.50. The van der Waals surface area contributed by atoms with Gasteiger partial charge in [-0.15, -0.1) is 0 Å². The number of rotatable bonds is 11. The topological polar surface area (TPSA) is 58.6 Å². The van der Waals surface area contributed by atoms with Crippen molar-refractivity contribution in [3.8, 4) is 5.75 Å². The number of unbranched alkanes of at least 4 members (excludes halogenated alkanes) is 1. The highest BCUT2D eigenvalue weighted by Gasteiger charge is 2.28. The predicted octanol–water partition coefficient (Wildman–Crippen LogP) is 4.41. The first-order valence-electron chi connectivity index (χ1n) is 10.8. The highest BCUT2D eigenvalue weighted by molar-refractivity contribution is 5.88. The minimum Gasteiger partial charge on any atom is -0.484 e. The van der Waals surface area contributed by atoms with E-state index in [1.807, 2.05) is 69.3 Å². The molecule has 0 aliphatic carbocycles. The Hall–Kier alpha value is -2.82. The average molecular weight is 411 g/mol. The Bertz CT molecular complexity index is 835. The molecule has 0 fully saturated rings. The molecule has 0 saturated heterocycles. The summed E-state index contributed by atoms with van der Waals surface area (Å²) < 4.78 is 5.79. The minimum absolute atomic E-state index is 0.102. The first-order valence-corrected chi connectivity index (χ1v) is 10.8. The smallest absolute Gasteiger partial charge is 0.261 e. The molecular formula is C25H34N2O3. The summed E-state index contributed by atoms with van der Waals surface area (Å²) in [7, 11) is 0. The van der Waals surface area contributed by atoms with Crippen molar-refractivity contribution in [2.45, 2.75) is 59.5 Å². The molecule has 1 unspecified atom stereocenters. The van der Waals surface area contributed by atoms with E-state index >= 15 is 0 Å². The third kappa shape index (κ3) is 6.90. The summed E-state index contributed by atoms with van der Waals surface area (Å²) >= 11 is 0. The molecule has 0 aromatic heterocycles. The molecule has 1 N–H and O–H groups in total. The highest BCUT2D eigenvalue weighted by atomic mass is 16.5. The quantitative estimate of drug-likeness (QED) is 0.559. The molecule has 0 aliphatic rings. The molecule has 2 rings (SSSR count). The van der Waals surface area contributed by atoms with E-state index in [0.717, 1.165) is 29.5 Å². The van der Waals surface area contributed by atoms with E-state index in [1.54, 1.807) is 4.90 Å².